The van der Waals surface area contributed by atoms with Crippen molar-refractivity contribution in [2.24, 2.45) is 11.7 Å². The second-order valence-corrected chi connectivity index (χ2v) is 4.82. The molecule has 0 radical (unpaired) electrons. The molecular formula is C12H16ClN3. The van der Waals surface area contributed by atoms with Crippen molar-refractivity contribution < 1.29 is 0 Å². The minimum Gasteiger partial charge on any atom is -0.330 e. The van der Waals surface area contributed by atoms with Crippen LogP contribution in [0.2, 0.25) is 5.02 Å². The first kappa shape index (κ1) is 11.4. The van der Waals surface area contributed by atoms with Crippen molar-refractivity contribution in [1.82, 2.24) is 10.2 Å². The average molecular weight is 238 g/mol. The van der Waals surface area contributed by atoms with Gasteiger partial charge in [0.2, 0.25) is 0 Å². The number of H-pyrrole nitrogens is 1. The third-order valence-corrected chi connectivity index (χ3v) is 3.21. The molecule has 4 heteroatoms. The summed E-state index contributed by atoms with van der Waals surface area (Å²) < 4.78 is 0. The van der Waals surface area contributed by atoms with E-state index in [0.29, 0.717) is 23.4 Å². The molecule has 2 aromatic rings. The molecule has 0 aliphatic carbocycles. The number of aromatic nitrogens is 2. The Bertz CT molecular complexity index is 490. The van der Waals surface area contributed by atoms with Crippen molar-refractivity contribution in [2.45, 2.75) is 19.8 Å². The monoisotopic (exact) mass is 237 g/mol. The molecule has 1 heterocycles. The topological polar surface area (TPSA) is 54.7 Å². The first-order chi connectivity index (χ1) is 7.63. The molecule has 0 saturated heterocycles. The van der Waals surface area contributed by atoms with Gasteiger partial charge in [-0.1, -0.05) is 25.4 Å². The van der Waals surface area contributed by atoms with Crippen LogP contribution in [-0.4, -0.2) is 16.7 Å². The number of rotatable bonds is 3. The average Bonchev–Trinajstić information content (AvgIpc) is 2.62. The van der Waals surface area contributed by atoms with Crippen molar-refractivity contribution in [2.75, 3.05) is 6.54 Å². The highest BCUT2D eigenvalue weighted by Gasteiger charge is 2.18. The Balaban J connectivity index is 2.52. The molecule has 0 aliphatic rings. The molecule has 86 valence electrons. The third-order valence-electron chi connectivity index (χ3n) is 2.98. The van der Waals surface area contributed by atoms with Crippen molar-refractivity contribution in [1.29, 1.82) is 0 Å². The molecule has 0 aliphatic heterocycles. The van der Waals surface area contributed by atoms with E-state index in [9.17, 15) is 0 Å². The lowest BCUT2D eigenvalue weighted by molar-refractivity contribution is 0.497. The number of nitrogens with zero attached hydrogens (tertiary/aromatic N) is 1. The van der Waals surface area contributed by atoms with Crippen LogP contribution in [0.4, 0.5) is 0 Å². The van der Waals surface area contributed by atoms with E-state index in [0.717, 1.165) is 16.6 Å². The second kappa shape index (κ2) is 4.44. The number of benzene rings is 1. The maximum absolute atomic E-state index is 5.93. The van der Waals surface area contributed by atoms with E-state index in [4.69, 9.17) is 17.3 Å². The molecule has 1 unspecified atom stereocenters. The minimum atomic E-state index is 0.311. The second-order valence-electron chi connectivity index (χ2n) is 4.38. The summed E-state index contributed by atoms with van der Waals surface area (Å²) in [5.41, 5.74) is 7.83. The van der Waals surface area contributed by atoms with Crippen LogP contribution < -0.4 is 5.73 Å². The summed E-state index contributed by atoms with van der Waals surface area (Å²) in [6.07, 6.45) is 0. The number of hydrogen-bond donors (Lipinski definition) is 2. The molecule has 0 saturated carbocycles. The lowest BCUT2D eigenvalue weighted by atomic mass is 9.91. The Morgan fingerprint density at radius 1 is 1.44 bits per heavy atom. The summed E-state index contributed by atoms with van der Waals surface area (Å²) in [4.78, 5) is 0. The first-order valence-corrected chi connectivity index (χ1v) is 5.85. The van der Waals surface area contributed by atoms with Crippen molar-refractivity contribution >= 4 is 22.5 Å². The van der Waals surface area contributed by atoms with Gasteiger partial charge in [0.15, 0.2) is 0 Å². The van der Waals surface area contributed by atoms with Crippen LogP contribution in [-0.2, 0) is 0 Å². The zero-order chi connectivity index (χ0) is 11.7. The highest BCUT2D eigenvalue weighted by Crippen LogP contribution is 2.29. The summed E-state index contributed by atoms with van der Waals surface area (Å²) >= 11 is 5.93. The van der Waals surface area contributed by atoms with Gasteiger partial charge in [-0.3, -0.25) is 5.10 Å². The van der Waals surface area contributed by atoms with Crippen LogP contribution >= 0.6 is 11.6 Å². The maximum atomic E-state index is 5.93. The Labute approximate surface area is 100.0 Å². The summed E-state index contributed by atoms with van der Waals surface area (Å²) in [7, 11) is 0. The fourth-order valence-corrected chi connectivity index (χ4v) is 2.18. The number of fused-ring (bicyclic) bond motifs is 1. The van der Waals surface area contributed by atoms with Gasteiger partial charge in [0.05, 0.1) is 5.52 Å². The third kappa shape index (κ3) is 1.93. The zero-order valence-corrected chi connectivity index (χ0v) is 10.3. The molecule has 1 aromatic carbocycles. The standard InChI is InChI=1S/C12H16ClN3/c1-7(2)10(6-14)12-9-4-3-8(13)5-11(9)15-16-12/h3-5,7,10H,6,14H2,1-2H3,(H,15,16). The fraction of sp³-hybridized carbons (Fsp3) is 0.417. The van der Waals surface area contributed by atoms with E-state index < -0.39 is 0 Å². The largest absolute Gasteiger partial charge is 0.330 e. The van der Waals surface area contributed by atoms with Crippen molar-refractivity contribution in [3.05, 3.63) is 28.9 Å². The Hall–Kier alpha value is -1.06. The van der Waals surface area contributed by atoms with Crippen LogP contribution in [0.3, 0.4) is 0 Å². The molecular weight excluding hydrogens is 222 g/mol. The lowest BCUT2D eigenvalue weighted by Gasteiger charge is -2.17. The number of nitrogens with two attached hydrogens (primary N) is 1. The Morgan fingerprint density at radius 3 is 2.81 bits per heavy atom. The molecule has 3 nitrogen and oxygen atoms in total. The summed E-state index contributed by atoms with van der Waals surface area (Å²) in [6.45, 7) is 4.96. The predicted octanol–water partition coefficient (Wildman–Crippen LogP) is 2.91. The Kier molecular flexibility index (Phi) is 3.17. The van der Waals surface area contributed by atoms with E-state index in [1.54, 1.807) is 0 Å². The predicted molar refractivity (Wildman–Crippen MR) is 67.7 cm³/mol. The normalized spacial score (nSPS) is 13.6. The smallest absolute Gasteiger partial charge is 0.0938 e. The number of nitrogens with one attached hydrogen (secondary N) is 1. The lowest BCUT2D eigenvalue weighted by Crippen LogP contribution is -2.18. The van der Waals surface area contributed by atoms with Gasteiger partial charge in [-0.05, 0) is 24.1 Å². The van der Waals surface area contributed by atoms with E-state index >= 15 is 0 Å². The zero-order valence-electron chi connectivity index (χ0n) is 9.50. The van der Waals surface area contributed by atoms with Crippen molar-refractivity contribution in [3.63, 3.8) is 0 Å². The van der Waals surface area contributed by atoms with Gasteiger partial charge in [0.25, 0.3) is 0 Å². The Morgan fingerprint density at radius 2 is 2.19 bits per heavy atom. The molecule has 3 N–H and O–H groups in total. The summed E-state index contributed by atoms with van der Waals surface area (Å²) in [5.74, 6) is 0.801. The van der Waals surface area contributed by atoms with Crippen LogP contribution in [0.15, 0.2) is 18.2 Å². The van der Waals surface area contributed by atoms with Gasteiger partial charge < -0.3 is 5.73 Å². The van der Waals surface area contributed by atoms with Crippen LogP contribution in [0.25, 0.3) is 10.9 Å². The van der Waals surface area contributed by atoms with E-state index in [1.807, 2.05) is 18.2 Å². The molecule has 0 amide bonds. The van der Waals surface area contributed by atoms with Gasteiger partial charge in [0, 0.05) is 28.6 Å². The SMILES string of the molecule is CC(C)C(CN)c1[nH]nc2cc(Cl)ccc12. The van der Waals surface area contributed by atoms with E-state index in [2.05, 4.69) is 24.0 Å². The van der Waals surface area contributed by atoms with Gasteiger partial charge in [-0.25, -0.2) is 0 Å². The molecule has 16 heavy (non-hydrogen) atoms. The summed E-state index contributed by atoms with van der Waals surface area (Å²) in [5, 5.41) is 9.18. The molecule has 1 aromatic heterocycles. The van der Waals surface area contributed by atoms with Crippen LogP contribution in [0.5, 0.6) is 0 Å². The maximum Gasteiger partial charge on any atom is 0.0938 e. The quantitative estimate of drug-likeness (QED) is 0.863. The first-order valence-electron chi connectivity index (χ1n) is 5.47. The van der Waals surface area contributed by atoms with Crippen molar-refractivity contribution in [3.8, 4) is 0 Å². The van der Waals surface area contributed by atoms with E-state index in [-0.39, 0.29) is 0 Å². The van der Waals surface area contributed by atoms with Crippen LogP contribution in [0, 0.1) is 5.92 Å². The molecule has 0 spiro atoms. The van der Waals surface area contributed by atoms with Crippen LogP contribution in [0.1, 0.15) is 25.5 Å². The number of aromatic amines is 1. The molecule has 2 rings (SSSR count). The van der Waals surface area contributed by atoms with Gasteiger partial charge >= 0.3 is 0 Å². The van der Waals surface area contributed by atoms with E-state index in [1.165, 1.54) is 0 Å². The highest BCUT2D eigenvalue weighted by atomic mass is 35.5. The molecule has 0 fully saturated rings. The fourth-order valence-electron chi connectivity index (χ4n) is 2.01. The number of halogens is 1. The summed E-state index contributed by atoms with van der Waals surface area (Å²) in [6, 6.07) is 5.75. The van der Waals surface area contributed by atoms with Gasteiger partial charge in [-0.2, -0.15) is 5.10 Å². The number of hydrogen-bond acceptors (Lipinski definition) is 2. The van der Waals surface area contributed by atoms with Gasteiger partial charge in [0.1, 0.15) is 0 Å². The molecule has 0 bridgehead atoms. The van der Waals surface area contributed by atoms with Gasteiger partial charge in [-0.15, -0.1) is 0 Å². The molecule has 1 atom stereocenters. The highest BCUT2D eigenvalue weighted by molar-refractivity contribution is 6.31. The minimum absolute atomic E-state index is 0.311.